The van der Waals surface area contributed by atoms with Crippen LogP contribution in [0.5, 0.6) is 11.5 Å². The van der Waals surface area contributed by atoms with Crippen molar-refractivity contribution in [3.05, 3.63) is 40.5 Å². The number of aromatic nitrogens is 2. The lowest BCUT2D eigenvalue weighted by atomic mass is 9.97. The smallest absolute Gasteiger partial charge is 0.257 e. The van der Waals surface area contributed by atoms with Gasteiger partial charge in [0.25, 0.3) is 5.91 Å². The van der Waals surface area contributed by atoms with Gasteiger partial charge in [-0.3, -0.25) is 4.79 Å². The summed E-state index contributed by atoms with van der Waals surface area (Å²) in [5, 5.41) is 1.24. The SMILES string of the molecule is COc1ccc(C(=O)N2CCN(c3ncnc4sc5c(c34)CCCC5)CC2)c(OC)c1. The zero-order valence-electron chi connectivity index (χ0n) is 17.9. The first-order valence-corrected chi connectivity index (χ1v) is 11.5. The van der Waals surface area contributed by atoms with Crippen LogP contribution in [-0.2, 0) is 12.8 Å². The van der Waals surface area contributed by atoms with E-state index in [4.69, 9.17) is 9.47 Å². The standard InChI is InChI=1S/C23H26N4O3S/c1-29-15-7-8-16(18(13-15)30-2)23(28)27-11-9-26(10-12-27)21-20-17-5-3-4-6-19(17)31-22(20)25-14-24-21/h7-8,13-14H,3-6,9-12H2,1-2H3. The number of carbonyl (C=O) groups excluding carboxylic acids is 1. The second-order valence-corrected chi connectivity index (χ2v) is 9.02. The number of methoxy groups -OCH3 is 2. The highest BCUT2D eigenvalue weighted by Crippen LogP contribution is 2.39. The van der Waals surface area contributed by atoms with E-state index in [1.165, 1.54) is 28.7 Å². The lowest BCUT2D eigenvalue weighted by molar-refractivity contribution is 0.0743. The molecule has 1 fully saturated rings. The van der Waals surface area contributed by atoms with E-state index in [-0.39, 0.29) is 5.91 Å². The minimum Gasteiger partial charge on any atom is -0.497 e. The van der Waals surface area contributed by atoms with Gasteiger partial charge in [0.2, 0.25) is 0 Å². The zero-order chi connectivity index (χ0) is 21.4. The van der Waals surface area contributed by atoms with Gasteiger partial charge in [-0.1, -0.05) is 0 Å². The Labute approximate surface area is 185 Å². The number of ether oxygens (including phenoxy) is 2. The Morgan fingerprint density at radius 3 is 2.61 bits per heavy atom. The lowest BCUT2D eigenvalue weighted by Crippen LogP contribution is -2.49. The van der Waals surface area contributed by atoms with Gasteiger partial charge in [-0.2, -0.15) is 0 Å². The summed E-state index contributed by atoms with van der Waals surface area (Å²) >= 11 is 1.82. The second kappa shape index (κ2) is 8.34. The third-order valence-electron chi connectivity index (χ3n) is 6.24. The highest BCUT2D eigenvalue weighted by Gasteiger charge is 2.28. The van der Waals surface area contributed by atoms with E-state index in [1.807, 2.05) is 16.2 Å². The zero-order valence-corrected chi connectivity index (χ0v) is 18.7. The van der Waals surface area contributed by atoms with Crippen molar-refractivity contribution >= 4 is 33.3 Å². The summed E-state index contributed by atoms with van der Waals surface area (Å²) in [5.41, 5.74) is 2.01. The molecular formula is C23H26N4O3S. The number of fused-ring (bicyclic) bond motifs is 3. The summed E-state index contributed by atoms with van der Waals surface area (Å²) in [5.74, 6) is 2.22. The van der Waals surface area contributed by atoms with Crippen LogP contribution >= 0.6 is 11.3 Å². The first kappa shape index (κ1) is 20.1. The molecule has 1 amide bonds. The number of anilines is 1. The summed E-state index contributed by atoms with van der Waals surface area (Å²) in [7, 11) is 3.18. The second-order valence-electron chi connectivity index (χ2n) is 7.93. The summed E-state index contributed by atoms with van der Waals surface area (Å²) in [6.07, 6.45) is 6.45. The molecule has 0 bridgehead atoms. The minimum absolute atomic E-state index is 0.0140. The summed E-state index contributed by atoms with van der Waals surface area (Å²) < 4.78 is 10.7. The number of hydrogen-bond donors (Lipinski definition) is 0. The Morgan fingerprint density at radius 2 is 1.84 bits per heavy atom. The van der Waals surface area contributed by atoms with E-state index in [0.29, 0.717) is 30.2 Å². The third kappa shape index (κ3) is 3.59. The van der Waals surface area contributed by atoms with E-state index in [1.54, 1.807) is 38.7 Å². The molecule has 1 aliphatic heterocycles. The van der Waals surface area contributed by atoms with Gasteiger partial charge >= 0.3 is 0 Å². The van der Waals surface area contributed by atoms with E-state index in [2.05, 4.69) is 14.9 Å². The molecule has 3 aromatic rings. The topological polar surface area (TPSA) is 67.8 Å². The maximum atomic E-state index is 13.1. The molecule has 2 aromatic heterocycles. The Balaban J connectivity index is 1.36. The van der Waals surface area contributed by atoms with Crippen LogP contribution in [0.4, 0.5) is 5.82 Å². The van der Waals surface area contributed by atoms with Crippen molar-refractivity contribution in [2.24, 2.45) is 0 Å². The van der Waals surface area contributed by atoms with Crippen LogP contribution in [0.2, 0.25) is 0 Å². The Morgan fingerprint density at radius 1 is 1.03 bits per heavy atom. The van der Waals surface area contributed by atoms with E-state index >= 15 is 0 Å². The van der Waals surface area contributed by atoms with Gasteiger partial charge in [0.1, 0.15) is 28.5 Å². The number of rotatable bonds is 4. The van der Waals surface area contributed by atoms with E-state index < -0.39 is 0 Å². The number of benzene rings is 1. The van der Waals surface area contributed by atoms with Crippen molar-refractivity contribution in [1.82, 2.24) is 14.9 Å². The van der Waals surface area contributed by atoms with Crippen LogP contribution in [0.25, 0.3) is 10.2 Å². The molecule has 0 N–H and O–H groups in total. The maximum absolute atomic E-state index is 13.1. The third-order valence-corrected chi connectivity index (χ3v) is 7.44. The largest absolute Gasteiger partial charge is 0.497 e. The van der Waals surface area contributed by atoms with Crippen molar-refractivity contribution < 1.29 is 14.3 Å². The number of amides is 1. The fourth-order valence-electron chi connectivity index (χ4n) is 4.58. The molecule has 0 saturated carbocycles. The number of aryl methyl sites for hydroxylation is 2. The molecule has 31 heavy (non-hydrogen) atoms. The first-order chi connectivity index (χ1) is 15.2. The number of nitrogens with zero attached hydrogens (tertiary/aromatic N) is 4. The molecule has 5 rings (SSSR count). The van der Waals surface area contributed by atoms with Crippen molar-refractivity contribution in [2.75, 3.05) is 45.3 Å². The molecular weight excluding hydrogens is 412 g/mol. The Hall–Kier alpha value is -2.87. The molecule has 162 valence electrons. The van der Waals surface area contributed by atoms with Crippen molar-refractivity contribution in [3.63, 3.8) is 0 Å². The van der Waals surface area contributed by atoms with Crippen LogP contribution in [0.15, 0.2) is 24.5 Å². The van der Waals surface area contributed by atoms with Crippen molar-refractivity contribution in [1.29, 1.82) is 0 Å². The molecule has 1 aliphatic carbocycles. The molecule has 3 heterocycles. The average molecular weight is 439 g/mol. The molecule has 1 saturated heterocycles. The number of piperazine rings is 1. The van der Waals surface area contributed by atoms with E-state index in [9.17, 15) is 4.79 Å². The predicted octanol–water partition coefficient (Wildman–Crippen LogP) is 3.55. The van der Waals surface area contributed by atoms with Crippen LogP contribution in [-0.4, -0.2) is 61.2 Å². The van der Waals surface area contributed by atoms with Gasteiger partial charge in [0, 0.05) is 37.1 Å². The van der Waals surface area contributed by atoms with Gasteiger partial charge in [-0.25, -0.2) is 9.97 Å². The van der Waals surface area contributed by atoms with Crippen LogP contribution < -0.4 is 14.4 Å². The molecule has 0 unspecified atom stereocenters. The van der Waals surface area contributed by atoms with Crippen molar-refractivity contribution in [3.8, 4) is 11.5 Å². The fraction of sp³-hybridized carbons (Fsp3) is 0.435. The van der Waals surface area contributed by atoms with E-state index in [0.717, 1.165) is 36.6 Å². The summed E-state index contributed by atoms with van der Waals surface area (Å²) in [4.78, 5) is 29.1. The molecule has 8 heteroatoms. The van der Waals surface area contributed by atoms with Crippen molar-refractivity contribution in [2.45, 2.75) is 25.7 Å². The number of thiophene rings is 1. The highest BCUT2D eigenvalue weighted by molar-refractivity contribution is 7.19. The Kier molecular flexibility index (Phi) is 5.40. The van der Waals surface area contributed by atoms with Crippen LogP contribution in [0.3, 0.4) is 0 Å². The number of hydrogen-bond acceptors (Lipinski definition) is 7. The maximum Gasteiger partial charge on any atom is 0.257 e. The predicted molar refractivity (Wildman–Crippen MR) is 122 cm³/mol. The fourth-order valence-corrected chi connectivity index (χ4v) is 5.80. The van der Waals surface area contributed by atoms with Gasteiger partial charge in [-0.15, -0.1) is 11.3 Å². The van der Waals surface area contributed by atoms with Gasteiger partial charge in [0.05, 0.1) is 25.2 Å². The Bertz CT molecular complexity index is 1120. The average Bonchev–Trinajstić information content (AvgIpc) is 3.22. The summed E-state index contributed by atoms with van der Waals surface area (Å²) in [6, 6.07) is 5.32. The number of carbonyl (C=O) groups is 1. The summed E-state index contributed by atoms with van der Waals surface area (Å²) in [6.45, 7) is 2.79. The molecule has 1 aromatic carbocycles. The molecule has 0 spiro atoms. The lowest BCUT2D eigenvalue weighted by Gasteiger charge is -2.36. The molecule has 2 aliphatic rings. The highest BCUT2D eigenvalue weighted by atomic mass is 32.1. The van der Waals surface area contributed by atoms with Gasteiger partial charge in [-0.05, 0) is 43.4 Å². The quantitative estimate of drug-likeness (QED) is 0.621. The van der Waals surface area contributed by atoms with Crippen LogP contribution in [0, 0.1) is 0 Å². The first-order valence-electron chi connectivity index (χ1n) is 10.7. The monoisotopic (exact) mass is 438 g/mol. The normalized spacial score (nSPS) is 16.3. The van der Waals surface area contributed by atoms with Crippen LogP contribution in [0.1, 0.15) is 33.6 Å². The minimum atomic E-state index is -0.0140. The molecule has 0 radical (unpaired) electrons. The van der Waals surface area contributed by atoms with Gasteiger partial charge in [0.15, 0.2) is 0 Å². The molecule has 0 atom stereocenters. The van der Waals surface area contributed by atoms with Gasteiger partial charge < -0.3 is 19.3 Å². The molecule has 7 nitrogen and oxygen atoms in total.